The molecule has 2 aromatic heterocycles. The van der Waals surface area contributed by atoms with Crippen molar-refractivity contribution in [2.24, 2.45) is 7.05 Å². The second-order valence-electron chi connectivity index (χ2n) is 4.38. The van der Waals surface area contributed by atoms with Crippen LogP contribution in [-0.2, 0) is 7.05 Å². The Labute approximate surface area is 135 Å². The summed E-state index contributed by atoms with van der Waals surface area (Å²) in [6.45, 7) is 1.77. The number of fused-ring (bicyclic) bond motifs is 1. The van der Waals surface area contributed by atoms with Crippen molar-refractivity contribution < 1.29 is 4.74 Å². The summed E-state index contributed by atoms with van der Waals surface area (Å²) in [5.41, 5.74) is 0.675. The molecule has 0 unspecified atom stereocenters. The van der Waals surface area contributed by atoms with E-state index in [0.29, 0.717) is 43.6 Å². The van der Waals surface area contributed by atoms with Gasteiger partial charge in [-0.3, -0.25) is 4.68 Å². The number of benzene rings is 1. The minimum atomic E-state index is 0.345. The lowest BCUT2D eigenvalue weighted by molar-refractivity contribution is 0.467. The van der Waals surface area contributed by atoms with E-state index in [0.717, 1.165) is 0 Å². The van der Waals surface area contributed by atoms with Crippen LogP contribution < -0.4 is 4.74 Å². The zero-order chi connectivity index (χ0) is 15.1. The molecule has 0 aliphatic carbocycles. The van der Waals surface area contributed by atoms with E-state index in [-0.39, 0.29) is 0 Å². The molecule has 0 bridgehead atoms. The van der Waals surface area contributed by atoms with Crippen LogP contribution in [0.25, 0.3) is 11.0 Å². The number of hydrogen-bond acceptors (Lipinski definition) is 4. The SMILES string of the molecule is Cc1nc(Oc2cc(Cl)c(Cl)cc2Cl)c2cnn(C)c2n1. The van der Waals surface area contributed by atoms with E-state index in [1.807, 2.05) is 0 Å². The summed E-state index contributed by atoms with van der Waals surface area (Å²) in [5, 5.41) is 5.89. The molecule has 0 radical (unpaired) electrons. The summed E-state index contributed by atoms with van der Waals surface area (Å²) in [5.74, 6) is 1.30. The molecule has 5 nitrogen and oxygen atoms in total. The minimum Gasteiger partial charge on any atom is -0.436 e. The van der Waals surface area contributed by atoms with E-state index in [9.17, 15) is 0 Å². The van der Waals surface area contributed by atoms with Crippen molar-refractivity contribution in [1.82, 2.24) is 19.7 Å². The normalized spacial score (nSPS) is 11.1. The maximum Gasteiger partial charge on any atom is 0.233 e. The summed E-state index contributed by atoms with van der Waals surface area (Å²) >= 11 is 18.0. The third-order valence-corrected chi connectivity index (χ3v) is 3.87. The minimum absolute atomic E-state index is 0.345. The third-order valence-electron chi connectivity index (χ3n) is 2.85. The molecular weight excluding hydrogens is 335 g/mol. The predicted molar refractivity (Wildman–Crippen MR) is 82.6 cm³/mol. The molecule has 1 aromatic carbocycles. The number of nitrogens with zero attached hydrogens (tertiary/aromatic N) is 4. The largest absolute Gasteiger partial charge is 0.436 e. The Morgan fingerprint density at radius 1 is 1.05 bits per heavy atom. The first-order valence-corrected chi connectivity index (χ1v) is 7.08. The first-order valence-electron chi connectivity index (χ1n) is 5.94. The topological polar surface area (TPSA) is 52.8 Å². The first-order chi connectivity index (χ1) is 9.95. The smallest absolute Gasteiger partial charge is 0.233 e. The maximum absolute atomic E-state index is 6.12. The van der Waals surface area contributed by atoms with Crippen LogP contribution in [0.15, 0.2) is 18.3 Å². The van der Waals surface area contributed by atoms with Gasteiger partial charge in [0.15, 0.2) is 5.65 Å². The van der Waals surface area contributed by atoms with Gasteiger partial charge in [0.2, 0.25) is 5.88 Å². The van der Waals surface area contributed by atoms with Gasteiger partial charge in [-0.05, 0) is 13.0 Å². The number of hydrogen-bond donors (Lipinski definition) is 0. The summed E-state index contributed by atoms with van der Waals surface area (Å²) in [7, 11) is 1.80. The second-order valence-corrected chi connectivity index (χ2v) is 5.60. The van der Waals surface area contributed by atoms with E-state index in [4.69, 9.17) is 39.5 Å². The Kier molecular flexibility index (Phi) is 3.65. The van der Waals surface area contributed by atoms with Gasteiger partial charge in [0.1, 0.15) is 17.0 Å². The standard InChI is InChI=1S/C13H9Cl3N4O/c1-6-18-12-7(5-17-20(12)2)13(19-6)21-11-4-9(15)8(14)3-10(11)16/h3-5H,1-2H3. The summed E-state index contributed by atoms with van der Waals surface area (Å²) in [4.78, 5) is 8.60. The lowest BCUT2D eigenvalue weighted by Gasteiger charge is -2.09. The van der Waals surface area contributed by atoms with Gasteiger partial charge in [0.05, 0.1) is 21.3 Å². The van der Waals surface area contributed by atoms with Crippen molar-refractivity contribution in [2.75, 3.05) is 0 Å². The molecule has 3 aromatic rings. The molecule has 0 aliphatic heterocycles. The Morgan fingerprint density at radius 2 is 1.76 bits per heavy atom. The molecule has 0 amide bonds. The number of halogens is 3. The van der Waals surface area contributed by atoms with Gasteiger partial charge in [-0.15, -0.1) is 0 Å². The van der Waals surface area contributed by atoms with E-state index in [1.165, 1.54) is 6.07 Å². The molecule has 0 saturated heterocycles. The highest BCUT2D eigenvalue weighted by Crippen LogP contribution is 2.37. The molecule has 0 atom stereocenters. The van der Waals surface area contributed by atoms with Crippen molar-refractivity contribution in [3.63, 3.8) is 0 Å². The molecule has 0 N–H and O–H groups in total. The van der Waals surface area contributed by atoms with Gasteiger partial charge in [-0.25, -0.2) is 4.98 Å². The van der Waals surface area contributed by atoms with Gasteiger partial charge in [0.25, 0.3) is 0 Å². The van der Waals surface area contributed by atoms with Crippen LogP contribution in [0.4, 0.5) is 0 Å². The quantitative estimate of drug-likeness (QED) is 0.646. The summed E-state index contributed by atoms with van der Waals surface area (Å²) < 4.78 is 7.42. The highest BCUT2D eigenvalue weighted by Gasteiger charge is 2.14. The van der Waals surface area contributed by atoms with Crippen molar-refractivity contribution in [3.8, 4) is 11.6 Å². The fraction of sp³-hybridized carbons (Fsp3) is 0.154. The monoisotopic (exact) mass is 342 g/mol. The Balaban J connectivity index is 2.12. The molecule has 108 valence electrons. The average molecular weight is 344 g/mol. The summed E-state index contributed by atoms with van der Waals surface area (Å²) in [6.07, 6.45) is 1.63. The van der Waals surface area contributed by atoms with Crippen LogP contribution in [0, 0.1) is 6.92 Å². The van der Waals surface area contributed by atoms with Gasteiger partial charge < -0.3 is 4.74 Å². The van der Waals surface area contributed by atoms with Crippen LogP contribution >= 0.6 is 34.8 Å². The van der Waals surface area contributed by atoms with Gasteiger partial charge in [0, 0.05) is 13.1 Å². The number of aromatic nitrogens is 4. The molecule has 0 spiro atoms. The van der Waals surface area contributed by atoms with E-state index < -0.39 is 0 Å². The van der Waals surface area contributed by atoms with Gasteiger partial charge >= 0.3 is 0 Å². The number of rotatable bonds is 2. The Hall–Kier alpha value is -1.56. The van der Waals surface area contributed by atoms with Crippen LogP contribution in [0.5, 0.6) is 11.6 Å². The molecule has 0 aliphatic rings. The fourth-order valence-electron chi connectivity index (χ4n) is 1.86. The van der Waals surface area contributed by atoms with Crippen molar-refractivity contribution in [2.45, 2.75) is 6.92 Å². The van der Waals surface area contributed by atoms with E-state index in [1.54, 1.807) is 30.9 Å². The van der Waals surface area contributed by atoms with Crippen molar-refractivity contribution in [3.05, 3.63) is 39.2 Å². The molecule has 8 heteroatoms. The zero-order valence-corrected chi connectivity index (χ0v) is 13.3. The van der Waals surface area contributed by atoms with Crippen molar-refractivity contribution >= 4 is 45.8 Å². The van der Waals surface area contributed by atoms with Gasteiger partial charge in [-0.2, -0.15) is 10.1 Å². The van der Waals surface area contributed by atoms with Crippen LogP contribution in [0.2, 0.25) is 15.1 Å². The molecule has 3 rings (SSSR count). The zero-order valence-electron chi connectivity index (χ0n) is 11.1. The van der Waals surface area contributed by atoms with Crippen LogP contribution in [0.3, 0.4) is 0 Å². The molecule has 0 saturated carbocycles. The van der Waals surface area contributed by atoms with Gasteiger partial charge in [-0.1, -0.05) is 34.8 Å². The average Bonchev–Trinajstić information content (AvgIpc) is 2.78. The number of ether oxygens (including phenoxy) is 1. The third kappa shape index (κ3) is 2.64. The fourth-order valence-corrected chi connectivity index (χ4v) is 2.44. The van der Waals surface area contributed by atoms with E-state index >= 15 is 0 Å². The summed E-state index contributed by atoms with van der Waals surface area (Å²) in [6, 6.07) is 3.07. The van der Waals surface area contributed by atoms with Crippen LogP contribution in [0.1, 0.15) is 5.82 Å². The second kappa shape index (κ2) is 5.33. The highest BCUT2D eigenvalue weighted by molar-refractivity contribution is 6.43. The number of aryl methyl sites for hydroxylation is 2. The lowest BCUT2D eigenvalue weighted by atomic mass is 10.3. The molecular formula is C13H9Cl3N4O. The maximum atomic E-state index is 6.12. The van der Waals surface area contributed by atoms with E-state index in [2.05, 4.69) is 15.1 Å². The predicted octanol–water partition coefficient (Wildman–Crippen LogP) is 4.42. The highest BCUT2D eigenvalue weighted by atomic mass is 35.5. The first kappa shape index (κ1) is 14.4. The molecule has 0 fully saturated rings. The Morgan fingerprint density at radius 3 is 2.52 bits per heavy atom. The Bertz CT molecular complexity index is 847. The van der Waals surface area contributed by atoms with Crippen molar-refractivity contribution in [1.29, 1.82) is 0 Å². The molecule has 21 heavy (non-hydrogen) atoms. The van der Waals surface area contributed by atoms with Crippen LogP contribution in [-0.4, -0.2) is 19.7 Å². The molecule has 2 heterocycles. The lowest BCUT2D eigenvalue weighted by Crippen LogP contribution is -1.98.